The smallest absolute Gasteiger partial charge is 0.253 e. The molecule has 1 aliphatic heterocycles. The van der Waals surface area contributed by atoms with E-state index in [4.69, 9.17) is 16.3 Å². The van der Waals surface area contributed by atoms with Crippen LogP contribution in [0.2, 0.25) is 5.02 Å². The molecule has 1 aliphatic carbocycles. The molecule has 2 aromatic carbocycles. The van der Waals surface area contributed by atoms with Crippen molar-refractivity contribution in [2.75, 3.05) is 36.5 Å². The number of carbonyl (C=O) groups excluding carboxylic acids is 2. The molecule has 1 saturated heterocycles. The quantitative estimate of drug-likeness (QED) is 0.705. The number of amides is 2. The Morgan fingerprint density at radius 3 is 2.58 bits per heavy atom. The molecule has 0 radical (unpaired) electrons. The van der Waals surface area contributed by atoms with E-state index in [0.29, 0.717) is 43.1 Å². The summed E-state index contributed by atoms with van der Waals surface area (Å²) in [7, 11) is 0. The highest BCUT2D eigenvalue weighted by atomic mass is 35.5. The minimum atomic E-state index is -0.495. The van der Waals surface area contributed by atoms with Gasteiger partial charge in [0.1, 0.15) is 5.82 Å². The van der Waals surface area contributed by atoms with E-state index >= 15 is 0 Å². The summed E-state index contributed by atoms with van der Waals surface area (Å²) in [5.74, 6) is -0.633. The minimum Gasteiger partial charge on any atom is -0.378 e. The highest BCUT2D eigenvalue weighted by molar-refractivity contribution is 6.30. The lowest BCUT2D eigenvalue weighted by molar-refractivity contribution is -0.122. The summed E-state index contributed by atoms with van der Waals surface area (Å²) in [5.41, 5.74) is 2.65. The third-order valence-electron chi connectivity index (χ3n) is 5.77. The Hall–Kier alpha value is -2.64. The van der Waals surface area contributed by atoms with Crippen molar-refractivity contribution in [2.24, 2.45) is 5.92 Å². The van der Waals surface area contributed by atoms with Crippen molar-refractivity contribution in [2.45, 2.75) is 25.8 Å². The Balaban J connectivity index is 1.51. The summed E-state index contributed by atoms with van der Waals surface area (Å²) in [6, 6.07) is 9.70. The van der Waals surface area contributed by atoms with Crippen molar-refractivity contribution in [1.29, 1.82) is 0 Å². The van der Waals surface area contributed by atoms with Crippen LogP contribution in [0.5, 0.6) is 0 Å². The number of benzene rings is 2. The van der Waals surface area contributed by atoms with Crippen LogP contribution < -0.4 is 15.5 Å². The van der Waals surface area contributed by atoms with E-state index in [-0.39, 0.29) is 29.3 Å². The molecule has 0 unspecified atom stereocenters. The van der Waals surface area contributed by atoms with Gasteiger partial charge >= 0.3 is 0 Å². The standard InChI is InChI=1S/C23H25ClFN3O3/c24-19-12-15(4-7-20(19)25)14-26-23(30)18-6-5-17(27-22(29)16-2-1-3-16)13-21(18)28-8-10-31-11-9-28/h4-7,12-13,16H,1-3,8-11,14H2,(H,26,30)(H,27,29). The topological polar surface area (TPSA) is 70.7 Å². The normalized spacial score (nSPS) is 16.5. The molecule has 0 spiro atoms. The molecule has 8 heteroatoms. The summed E-state index contributed by atoms with van der Waals surface area (Å²) in [6.07, 6.45) is 2.95. The van der Waals surface area contributed by atoms with Crippen molar-refractivity contribution < 1.29 is 18.7 Å². The van der Waals surface area contributed by atoms with E-state index in [1.54, 1.807) is 18.2 Å². The lowest BCUT2D eigenvalue weighted by Crippen LogP contribution is -2.38. The molecular weight excluding hydrogens is 421 g/mol. The van der Waals surface area contributed by atoms with Gasteiger partial charge in [-0.2, -0.15) is 0 Å². The zero-order valence-electron chi connectivity index (χ0n) is 17.1. The zero-order valence-corrected chi connectivity index (χ0v) is 17.9. The maximum absolute atomic E-state index is 13.4. The number of morpholine rings is 1. The molecular formula is C23H25ClFN3O3. The van der Waals surface area contributed by atoms with Crippen LogP contribution in [0.25, 0.3) is 0 Å². The van der Waals surface area contributed by atoms with Gasteiger partial charge in [-0.1, -0.05) is 24.1 Å². The number of halogens is 2. The summed E-state index contributed by atoms with van der Waals surface area (Å²) >= 11 is 5.83. The fourth-order valence-electron chi connectivity index (χ4n) is 3.71. The molecule has 2 amide bonds. The van der Waals surface area contributed by atoms with Crippen LogP contribution in [0.3, 0.4) is 0 Å². The fourth-order valence-corrected chi connectivity index (χ4v) is 3.91. The molecule has 0 bridgehead atoms. The highest BCUT2D eigenvalue weighted by Gasteiger charge is 2.26. The fraction of sp³-hybridized carbons (Fsp3) is 0.391. The second-order valence-electron chi connectivity index (χ2n) is 7.88. The summed E-state index contributed by atoms with van der Waals surface area (Å²) in [5, 5.41) is 5.87. The Morgan fingerprint density at radius 2 is 1.90 bits per heavy atom. The lowest BCUT2D eigenvalue weighted by Gasteiger charge is -2.31. The predicted molar refractivity (Wildman–Crippen MR) is 118 cm³/mol. The first kappa shape index (κ1) is 21.6. The highest BCUT2D eigenvalue weighted by Crippen LogP contribution is 2.30. The van der Waals surface area contributed by atoms with Gasteiger partial charge in [-0.15, -0.1) is 0 Å². The third kappa shape index (κ3) is 5.17. The second-order valence-corrected chi connectivity index (χ2v) is 8.29. The molecule has 0 aromatic heterocycles. The number of anilines is 2. The van der Waals surface area contributed by atoms with E-state index < -0.39 is 5.82 Å². The number of rotatable bonds is 6. The number of carbonyl (C=O) groups is 2. The molecule has 164 valence electrons. The number of nitrogens with one attached hydrogen (secondary N) is 2. The molecule has 4 rings (SSSR count). The monoisotopic (exact) mass is 445 g/mol. The zero-order chi connectivity index (χ0) is 21.8. The maximum Gasteiger partial charge on any atom is 0.253 e. The SMILES string of the molecule is O=C(NCc1ccc(F)c(Cl)c1)c1ccc(NC(=O)C2CCC2)cc1N1CCOCC1. The first-order chi connectivity index (χ1) is 15.0. The number of hydrogen-bond acceptors (Lipinski definition) is 4. The lowest BCUT2D eigenvalue weighted by atomic mass is 9.85. The van der Waals surface area contributed by atoms with E-state index in [0.717, 1.165) is 24.9 Å². The number of hydrogen-bond donors (Lipinski definition) is 2. The average molecular weight is 446 g/mol. The molecule has 2 aromatic rings. The van der Waals surface area contributed by atoms with Gasteiger partial charge in [0.15, 0.2) is 0 Å². The van der Waals surface area contributed by atoms with Gasteiger partial charge in [-0.25, -0.2) is 4.39 Å². The van der Waals surface area contributed by atoms with Crippen molar-refractivity contribution in [3.05, 3.63) is 58.4 Å². The molecule has 6 nitrogen and oxygen atoms in total. The first-order valence-electron chi connectivity index (χ1n) is 10.5. The van der Waals surface area contributed by atoms with Crippen LogP contribution in [0.15, 0.2) is 36.4 Å². The van der Waals surface area contributed by atoms with Crippen molar-refractivity contribution in [1.82, 2.24) is 5.32 Å². The Morgan fingerprint density at radius 1 is 1.13 bits per heavy atom. The van der Waals surface area contributed by atoms with Crippen molar-refractivity contribution >= 4 is 34.8 Å². The van der Waals surface area contributed by atoms with Crippen LogP contribution in [-0.2, 0) is 16.1 Å². The molecule has 1 heterocycles. The van der Waals surface area contributed by atoms with E-state index in [1.165, 1.54) is 12.1 Å². The van der Waals surface area contributed by atoms with Crippen LogP contribution in [-0.4, -0.2) is 38.1 Å². The molecule has 1 saturated carbocycles. The van der Waals surface area contributed by atoms with Gasteiger partial charge in [0.05, 0.1) is 29.5 Å². The minimum absolute atomic E-state index is 0.0207. The van der Waals surface area contributed by atoms with Crippen LogP contribution in [0.1, 0.15) is 35.2 Å². The maximum atomic E-state index is 13.4. The van der Waals surface area contributed by atoms with Gasteiger partial charge in [0.2, 0.25) is 5.91 Å². The van der Waals surface area contributed by atoms with E-state index in [2.05, 4.69) is 15.5 Å². The Kier molecular flexibility index (Phi) is 6.73. The van der Waals surface area contributed by atoms with Crippen molar-refractivity contribution in [3.63, 3.8) is 0 Å². The molecule has 2 fully saturated rings. The summed E-state index contributed by atoms with van der Waals surface area (Å²) < 4.78 is 18.8. The van der Waals surface area contributed by atoms with Gasteiger partial charge in [0, 0.05) is 31.2 Å². The van der Waals surface area contributed by atoms with Crippen LogP contribution in [0, 0.1) is 11.7 Å². The van der Waals surface area contributed by atoms with Crippen molar-refractivity contribution in [3.8, 4) is 0 Å². The van der Waals surface area contributed by atoms with Crippen LogP contribution in [0.4, 0.5) is 15.8 Å². The molecule has 31 heavy (non-hydrogen) atoms. The summed E-state index contributed by atoms with van der Waals surface area (Å²) in [6.45, 7) is 2.70. The molecule has 2 aliphatic rings. The van der Waals surface area contributed by atoms with Gasteiger partial charge < -0.3 is 20.3 Å². The van der Waals surface area contributed by atoms with E-state index in [9.17, 15) is 14.0 Å². The van der Waals surface area contributed by atoms with Gasteiger partial charge in [-0.3, -0.25) is 9.59 Å². The van der Waals surface area contributed by atoms with Gasteiger partial charge in [-0.05, 0) is 48.7 Å². The largest absolute Gasteiger partial charge is 0.378 e. The predicted octanol–water partition coefficient (Wildman–Crippen LogP) is 3.98. The van der Waals surface area contributed by atoms with Crippen LogP contribution >= 0.6 is 11.6 Å². The summed E-state index contributed by atoms with van der Waals surface area (Å²) in [4.78, 5) is 27.4. The van der Waals surface area contributed by atoms with E-state index in [1.807, 2.05) is 6.07 Å². The molecule has 2 N–H and O–H groups in total. The first-order valence-corrected chi connectivity index (χ1v) is 10.9. The van der Waals surface area contributed by atoms with Gasteiger partial charge in [0.25, 0.3) is 5.91 Å². The second kappa shape index (κ2) is 9.66. The third-order valence-corrected chi connectivity index (χ3v) is 6.06. The number of nitrogens with zero attached hydrogens (tertiary/aromatic N) is 1. The Bertz CT molecular complexity index is 975. The number of ether oxygens (including phenoxy) is 1. The molecule has 0 atom stereocenters. The Labute approximate surface area is 185 Å². The average Bonchev–Trinajstić information content (AvgIpc) is 2.73.